The van der Waals surface area contributed by atoms with Gasteiger partial charge in [-0.2, -0.15) is 4.98 Å². The highest BCUT2D eigenvalue weighted by molar-refractivity contribution is 6.30. The molecule has 0 fully saturated rings. The van der Waals surface area contributed by atoms with Crippen molar-refractivity contribution < 1.29 is 14.0 Å². The van der Waals surface area contributed by atoms with Crippen LogP contribution in [0.5, 0.6) is 11.5 Å². The molecule has 0 atom stereocenters. The van der Waals surface area contributed by atoms with Gasteiger partial charge in [-0.3, -0.25) is 0 Å². The van der Waals surface area contributed by atoms with Crippen LogP contribution in [0.4, 0.5) is 0 Å². The van der Waals surface area contributed by atoms with E-state index >= 15 is 0 Å². The molecule has 0 bridgehead atoms. The molecule has 6 heteroatoms. The normalized spacial score (nSPS) is 10.5. The minimum atomic E-state index is 0.424. The summed E-state index contributed by atoms with van der Waals surface area (Å²) in [6.07, 6.45) is 0. The van der Waals surface area contributed by atoms with Crippen molar-refractivity contribution in [2.24, 2.45) is 0 Å². The lowest BCUT2D eigenvalue weighted by Gasteiger charge is -2.05. The molecule has 1 aromatic heterocycles. The van der Waals surface area contributed by atoms with Gasteiger partial charge in [0.25, 0.3) is 5.89 Å². The van der Waals surface area contributed by atoms with E-state index in [0.29, 0.717) is 28.2 Å². The molecule has 5 nitrogen and oxygen atoms in total. The van der Waals surface area contributed by atoms with Crippen LogP contribution in [0, 0.1) is 0 Å². The van der Waals surface area contributed by atoms with E-state index in [1.165, 1.54) is 0 Å². The first-order valence-corrected chi connectivity index (χ1v) is 6.90. The van der Waals surface area contributed by atoms with E-state index in [2.05, 4.69) is 10.1 Å². The maximum atomic E-state index is 5.87. The number of hydrogen-bond donors (Lipinski definition) is 0. The third-order valence-corrected chi connectivity index (χ3v) is 3.38. The minimum absolute atomic E-state index is 0.424. The maximum absolute atomic E-state index is 5.87. The molecule has 3 rings (SSSR count). The summed E-state index contributed by atoms with van der Waals surface area (Å²) < 4.78 is 15.8. The second-order valence-electron chi connectivity index (χ2n) is 4.53. The van der Waals surface area contributed by atoms with E-state index in [9.17, 15) is 0 Å². The van der Waals surface area contributed by atoms with Gasteiger partial charge in [0, 0.05) is 22.2 Å². The Bertz CT molecular complexity index is 762. The Kier molecular flexibility index (Phi) is 3.98. The molecule has 112 valence electrons. The molecular formula is C16H13ClN2O3. The van der Waals surface area contributed by atoms with Crippen molar-refractivity contribution in [1.82, 2.24) is 10.1 Å². The van der Waals surface area contributed by atoms with Gasteiger partial charge in [-0.1, -0.05) is 16.8 Å². The van der Waals surface area contributed by atoms with Crippen LogP contribution in [0.15, 0.2) is 47.0 Å². The van der Waals surface area contributed by atoms with Crippen LogP contribution in [-0.4, -0.2) is 24.4 Å². The highest BCUT2D eigenvalue weighted by Gasteiger charge is 2.12. The summed E-state index contributed by atoms with van der Waals surface area (Å²) in [5.74, 6) is 2.20. The smallest absolute Gasteiger partial charge is 0.258 e. The predicted octanol–water partition coefficient (Wildman–Crippen LogP) is 4.07. The summed E-state index contributed by atoms with van der Waals surface area (Å²) in [6.45, 7) is 0. The van der Waals surface area contributed by atoms with Crippen molar-refractivity contribution in [1.29, 1.82) is 0 Å². The highest BCUT2D eigenvalue weighted by atomic mass is 35.5. The van der Waals surface area contributed by atoms with Gasteiger partial charge in [0.05, 0.1) is 14.2 Å². The summed E-state index contributed by atoms with van der Waals surface area (Å²) in [5, 5.41) is 4.66. The average Bonchev–Trinajstić information content (AvgIpc) is 3.05. The lowest BCUT2D eigenvalue weighted by molar-refractivity contribution is 0.394. The third-order valence-electron chi connectivity index (χ3n) is 3.13. The van der Waals surface area contributed by atoms with Crippen molar-refractivity contribution in [2.75, 3.05) is 14.2 Å². The van der Waals surface area contributed by atoms with E-state index in [-0.39, 0.29) is 0 Å². The number of benzene rings is 2. The first kappa shape index (κ1) is 14.4. The van der Waals surface area contributed by atoms with Gasteiger partial charge in [0.2, 0.25) is 5.82 Å². The Balaban J connectivity index is 1.98. The fraction of sp³-hybridized carbons (Fsp3) is 0.125. The van der Waals surface area contributed by atoms with Crippen LogP contribution in [0.1, 0.15) is 0 Å². The first-order chi connectivity index (χ1) is 10.7. The molecule has 0 spiro atoms. The molecular weight excluding hydrogens is 304 g/mol. The van der Waals surface area contributed by atoms with Gasteiger partial charge >= 0.3 is 0 Å². The molecule has 0 aliphatic carbocycles. The van der Waals surface area contributed by atoms with Gasteiger partial charge in [-0.25, -0.2) is 0 Å². The summed E-state index contributed by atoms with van der Waals surface area (Å²) in [5.41, 5.74) is 1.55. The molecule has 0 radical (unpaired) electrons. The number of rotatable bonds is 4. The Labute approximate surface area is 132 Å². The van der Waals surface area contributed by atoms with Crippen molar-refractivity contribution in [3.05, 3.63) is 47.5 Å². The van der Waals surface area contributed by atoms with Crippen LogP contribution < -0.4 is 9.47 Å². The van der Waals surface area contributed by atoms with Gasteiger partial charge in [-0.05, 0) is 36.4 Å². The molecule has 0 aliphatic rings. The minimum Gasteiger partial charge on any atom is -0.497 e. The number of nitrogens with zero attached hydrogens (tertiary/aromatic N) is 2. The molecule has 0 N–H and O–H groups in total. The first-order valence-electron chi connectivity index (χ1n) is 6.52. The number of methoxy groups -OCH3 is 2. The second-order valence-corrected chi connectivity index (χ2v) is 4.97. The monoisotopic (exact) mass is 316 g/mol. The largest absolute Gasteiger partial charge is 0.497 e. The van der Waals surface area contributed by atoms with Crippen LogP contribution in [0.2, 0.25) is 5.02 Å². The Hall–Kier alpha value is -2.53. The highest BCUT2D eigenvalue weighted by Crippen LogP contribution is 2.29. The maximum Gasteiger partial charge on any atom is 0.258 e. The SMILES string of the molecule is COc1cc(OC)cc(-c2noc(-c3ccc(Cl)cc3)n2)c1. The summed E-state index contributed by atoms with van der Waals surface area (Å²) >= 11 is 5.87. The van der Waals surface area contributed by atoms with E-state index in [1.807, 2.05) is 24.3 Å². The van der Waals surface area contributed by atoms with Gasteiger partial charge in [0.1, 0.15) is 11.5 Å². The van der Waals surface area contributed by atoms with E-state index in [1.54, 1.807) is 32.4 Å². The van der Waals surface area contributed by atoms with E-state index in [0.717, 1.165) is 11.1 Å². The van der Waals surface area contributed by atoms with Gasteiger partial charge in [0.15, 0.2) is 0 Å². The van der Waals surface area contributed by atoms with Crippen LogP contribution in [0.25, 0.3) is 22.8 Å². The topological polar surface area (TPSA) is 57.4 Å². The van der Waals surface area contributed by atoms with Crippen LogP contribution in [0.3, 0.4) is 0 Å². The van der Waals surface area contributed by atoms with E-state index < -0.39 is 0 Å². The van der Waals surface area contributed by atoms with Crippen molar-refractivity contribution >= 4 is 11.6 Å². The molecule has 1 heterocycles. The van der Waals surface area contributed by atoms with Crippen LogP contribution in [-0.2, 0) is 0 Å². The molecule has 0 aliphatic heterocycles. The lowest BCUT2D eigenvalue weighted by atomic mass is 10.2. The quantitative estimate of drug-likeness (QED) is 0.726. The third kappa shape index (κ3) is 2.89. The molecule has 0 saturated carbocycles. The van der Waals surface area contributed by atoms with Crippen molar-refractivity contribution in [3.8, 4) is 34.3 Å². The number of aromatic nitrogens is 2. The second kappa shape index (κ2) is 6.07. The zero-order valence-corrected chi connectivity index (χ0v) is 12.8. The summed E-state index contributed by atoms with van der Waals surface area (Å²) in [7, 11) is 3.18. The predicted molar refractivity (Wildman–Crippen MR) is 83.3 cm³/mol. The van der Waals surface area contributed by atoms with Gasteiger partial charge < -0.3 is 14.0 Å². The fourth-order valence-corrected chi connectivity index (χ4v) is 2.11. The Morgan fingerprint density at radius 3 is 2.14 bits per heavy atom. The molecule has 22 heavy (non-hydrogen) atoms. The molecule has 3 aromatic rings. The number of ether oxygens (including phenoxy) is 2. The molecule has 2 aromatic carbocycles. The Morgan fingerprint density at radius 2 is 1.55 bits per heavy atom. The number of hydrogen-bond acceptors (Lipinski definition) is 5. The number of halogens is 1. The Morgan fingerprint density at radius 1 is 0.909 bits per heavy atom. The van der Waals surface area contributed by atoms with Crippen LogP contribution >= 0.6 is 11.6 Å². The van der Waals surface area contributed by atoms with Crippen molar-refractivity contribution in [3.63, 3.8) is 0 Å². The molecule has 0 unspecified atom stereocenters. The lowest BCUT2D eigenvalue weighted by Crippen LogP contribution is -1.89. The van der Waals surface area contributed by atoms with Crippen molar-refractivity contribution in [2.45, 2.75) is 0 Å². The standard InChI is InChI=1S/C16H13ClN2O3/c1-20-13-7-11(8-14(9-13)21-2)15-18-16(22-19-15)10-3-5-12(17)6-4-10/h3-9H,1-2H3. The summed E-state index contributed by atoms with van der Waals surface area (Å²) in [4.78, 5) is 4.40. The zero-order chi connectivity index (χ0) is 15.5. The summed E-state index contributed by atoms with van der Waals surface area (Å²) in [6, 6.07) is 12.6. The zero-order valence-electron chi connectivity index (χ0n) is 12.0. The molecule has 0 saturated heterocycles. The molecule has 0 amide bonds. The average molecular weight is 317 g/mol. The fourth-order valence-electron chi connectivity index (χ4n) is 1.99. The van der Waals surface area contributed by atoms with E-state index in [4.69, 9.17) is 25.6 Å². The van der Waals surface area contributed by atoms with Gasteiger partial charge in [-0.15, -0.1) is 0 Å².